The van der Waals surface area contributed by atoms with Crippen LogP contribution < -0.4 is 14.8 Å². The molecule has 7 heteroatoms. The summed E-state index contributed by atoms with van der Waals surface area (Å²) in [7, 11) is -1.92. The quantitative estimate of drug-likeness (QED) is 0.655. The SMILES string of the molecule is COc1ccc(CCNC(=O)CCc2ccc(S(=O)(=O)NC(C)(C)C)cc2)cc1. The van der Waals surface area contributed by atoms with Gasteiger partial charge in [0.1, 0.15) is 5.75 Å². The summed E-state index contributed by atoms with van der Waals surface area (Å²) in [6.45, 7) is 5.96. The molecule has 0 fully saturated rings. The van der Waals surface area contributed by atoms with E-state index in [1.54, 1.807) is 52.1 Å². The molecule has 1 amide bonds. The molecule has 2 aromatic carbocycles. The third kappa shape index (κ3) is 7.87. The van der Waals surface area contributed by atoms with Crippen LogP contribution in [-0.2, 0) is 27.7 Å². The third-order valence-corrected chi connectivity index (χ3v) is 5.98. The van der Waals surface area contributed by atoms with Crippen LogP contribution in [-0.4, -0.2) is 33.5 Å². The highest BCUT2D eigenvalue weighted by molar-refractivity contribution is 7.89. The van der Waals surface area contributed by atoms with Crippen LogP contribution in [0.5, 0.6) is 5.75 Å². The van der Waals surface area contributed by atoms with Crippen LogP contribution in [0.15, 0.2) is 53.4 Å². The fourth-order valence-electron chi connectivity index (χ4n) is 2.78. The first-order valence-corrected chi connectivity index (χ1v) is 11.1. The highest BCUT2D eigenvalue weighted by Gasteiger charge is 2.21. The van der Waals surface area contributed by atoms with Crippen molar-refractivity contribution in [2.75, 3.05) is 13.7 Å². The van der Waals surface area contributed by atoms with Gasteiger partial charge in [-0.05, 0) is 69.0 Å². The van der Waals surface area contributed by atoms with E-state index in [4.69, 9.17) is 4.74 Å². The molecule has 0 heterocycles. The van der Waals surface area contributed by atoms with Crippen LogP contribution in [0.2, 0.25) is 0 Å². The molecule has 2 aromatic rings. The van der Waals surface area contributed by atoms with Gasteiger partial charge < -0.3 is 10.1 Å². The molecule has 6 nitrogen and oxygen atoms in total. The van der Waals surface area contributed by atoms with Crippen LogP contribution in [0.1, 0.15) is 38.3 Å². The van der Waals surface area contributed by atoms with Crippen molar-refractivity contribution in [2.24, 2.45) is 0 Å². The van der Waals surface area contributed by atoms with Crippen molar-refractivity contribution in [3.05, 3.63) is 59.7 Å². The number of benzene rings is 2. The Kier molecular flexibility index (Phi) is 7.81. The molecule has 0 bridgehead atoms. The number of hydrogen-bond donors (Lipinski definition) is 2. The van der Waals surface area contributed by atoms with E-state index in [-0.39, 0.29) is 10.8 Å². The lowest BCUT2D eigenvalue weighted by Gasteiger charge is -2.20. The first-order chi connectivity index (χ1) is 13.6. The van der Waals surface area contributed by atoms with Crippen molar-refractivity contribution in [3.63, 3.8) is 0 Å². The van der Waals surface area contributed by atoms with Crippen LogP contribution in [0.4, 0.5) is 0 Å². The number of nitrogens with one attached hydrogen (secondary N) is 2. The lowest BCUT2D eigenvalue weighted by molar-refractivity contribution is -0.121. The van der Waals surface area contributed by atoms with E-state index in [0.717, 1.165) is 23.3 Å². The molecule has 0 radical (unpaired) electrons. The zero-order chi connectivity index (χ0) is 21.5. The first-order valence-electron chi connectivity index (χ1n) is 9.62. The molecular formula is C22H30N2O4S. The Morgan fingerprint density at radius 3 is 2.03 bits per heavy atom. The average Bonchev–Trinajstić information content (AvgIpc) is 2.65. The van der Waals surface area contributed by atoms with E-state index in [0.29, 0.717) is 19.4 Å². The molecule has 0 aliphatic carbocycles. The Balaban J connectivity index is 1.78. The van der Waals surface area contributed by atoms with E-state index in [1.807, 2.05) is 24.3 Å². The van der Waals surface area contributed by atoms with Gasteiger partial charge in [0.15, 0.2) is 0 Å². The maximum atomic E-state index is 12.3. The molecule has 0 atom stereocenters. The van der Waals surface area contributed by atoms with Gasteiger partial charge in [-0.15, -0.1) is 0 Å². The maximum absolute atomic E-state index is 12.3. The van der Waals surface area contributed by atoms with Crippen LogP contribution in [0, 0.1) is 0 Å². The van der Waals surface area contributed by atoms with Gasteiger partial charge in [0.05, 0.1) is 12.0 Å². The number of methoxy groups -OCH3 is 1. The van der Waals surface area contributed by atoms with Gasteiger partial charge in [-0.25, -0.2) is 13.1 Å². The molecule has 158 valence electrons. The van der Waals surface area contributed by atoms with Crippen molar-refractivity contribution < 1.29 is 17.9 Å². The number of ether oxygens (including phenoxy) is 1. The standard InChI is InChI=1S/C22H30N2O4S/c1-22(2,3)24-29(26,27)20-12-7-17(8-13-20)9-14-21(25)23-16-15-18-5-10-19(28-4)11-6-18/h5-8,10-13,24H,9,14-16H2,1-4H3,(H,23,25). The number of carbonyl (C=O) groups excluding carboxylic acids is 1. The van der Waals surface area contributed by atoms with Crippen molar-refractivity contribution in [1.82, 2.24) is 10.0 Å². The second kappa shape index (κ2) is 9.89. The Morgan fingerprint density at radius 2 is 1.48 bits per heavy atom. The topological polar surface area (TPSA) is 84.5 Å². The zero-order valence-electron chi connectivity index (χ0n) is 17.5. The lowest BCUT2D eigenvalue weighted by Crippen LogP contribution is -2.40. The summed E-state index contributed by atoms with van der Waals surface area (Å²) in [6.07, 6.45) is 1.67. The molecule has 2 rings (SSSR count). The largest absolute Gasteiger partial charge is 0.497 e. The summed E-state index contributed by atoms with van der Waals surface area (Å²) in [6, 6.07) is 14.4. The molecule has 2 N–H and O–H groups in total. The number of amides is 1. The van der Waals surface area contributed by atoms with Crippen molar-refractivity contribution in [3.8, 4) is 5.75 Å². The second-order valence-corrected chi connectivity index (χ2v) is 9.63. The highest BCUT2D eigenvalue weighted by Crippen LogP contribution is 2.15. The summed E-state index contributed by atoms with van der Waals surface area (Å²) >= 11 is 0. The van der Waals surface area contributed by atoms with Crippen molar-refractivity contribution >= 4 is 15.9 Å². The Hall–Kier alpha value is -2.38. The summed E-state index contributed by atoms with van der Waals surface area (Å²) < 4.78 is 32.4. The fourth-order valence-corrected chi connectivity index (χ4v) is 4.20. The van der Waals surface area contributed by atoms with Gasteiger partial charge in [0, 0.05) is 18.5 Å². The molecule has 0 aliphatic rings. The minimum Gasteiger partial charge on any atom is -0.497 e. The van der Waals surface area contributed by atoms with Crippen LogP contribution >= 0.6 is 0 Å². The first kappa shape index (κ1) is 22.9. The number of carbonyl (C=O) groups is 1. The van der Waals surface area contributed by atoms with Gasteiger partial charge >= 0.3 is 0 Å². The second-order valence-electron chi connectivity index (χ2n) is 7.95. The van der Waals surface area contributed by atoms with Gasteiger partial charge in [-0.3, -0.25) is 4.79 Å². The van der Waals surface area contributed by atoms with Crippen LogP contribution in [0.25, 0.3) is 0 Å². The smallest absolute Gasteiger partial charge is 0.241 e. The van der Waals surface area contributed by atoms with Crippen LogP contribution in [0.3, 0.4) is 0 Å². The molecule has 0 saturated carbocycles. The summed E-state index contributed by atoms with van der Waals surface area (Å²) in [5.41, 5.74) is 1.51. The molecule has 0 unspecified atom stereocenters. The summed E-state index contributed by atoms with van der Waals surface area (Å²) in [5, 5.41) is 2.92. The van der Waals surface area contributed by atoms with Gasteiger partial charge in [-0.1, -0.05) is 24.3 Å². The average molecular weight is 419 g/mol. The minimum atomic E-state index is -3.55. The predicted octanol–water partition coefficient (Wildman–Crippen LogP) is 3.06. The fraction of sp³-hybridized carbons (Fsp3) is 0.409. The molecule has 0 spiro atoms. The van der Waals surface area contributed by atoms with Gasteiger partial charge in [-0.2, -0.15) is 0 Å². The molecular weight excluding hydrogens is 388 g/mol. The molecule has 0 aliphatic heterocycles. The molecule has 29 heavy (non-hydrogen) atoms. The van der Waals surface area contributed by atoms with E-state index in [9.17, 15) is 13.2 Å². The lowest BCUT2D eigenvalue weighted by atomic mass is 10.1. The van der Waals surface area contributed by atoms with E-state index < -0.39 is 15.6 Å². The Bertz CT molecular complexity index is 899. The molecule has 0 saturated heterocycles. The summed E-state index contributed by atoms with van der Waals surface area (Å²) in [5.74, 6) is 0.787. The number of hydrogen-bond acceptors (Lipinski definition) is 4. The number of aryl methyl sites for hydroxylation is 1. The normalized spacial score (nSPS) is 11.9. The van der Waals surface area contributed by atoms with Crippen molar-refractivity contribution in [1.29, 1.82) is 0 Å². The zero-order valence-corrected chi connectivity index (χ0v) is 18.3. The van der Waals surface area contributed by atoms with E-state index in [2.05, 4.69) is 10.0 Å². The molecule has 0 aromatic heterocycles. The Morgan fingerprint density at radius 1 is 0.931 bits per heavy atom. The van der Waals surface area contributed by atoms with E-state index >= 15 is 0 Å². The number of rotatable bonds is 9. The number of sulfonamides is 1. The van der Waals surface area contributed by atoms with E-state index in [1.165, 1.54) is 0 Å². The van der Waals surface area contributed by atoms with Crippen molar-refractivity contribution in [2.45, 2.75) is 50.5 Å². The predicted molar refractivity (Wildman–Crippen MR) is 115 cm³/mol. The highest BCUT2D eigenvalue weighted by atomic mass is 32.2. The monoisotopic (exact) mass is 418 g/mol. The van der Waals surface area contributed by atoms with Gasteiger partial charge in [0.25, 0.3) is 0 Å². The van der Waals surface area contributed by atoms with Gasteiger partial charge in [0.2, 0.25) is 15.9 Å². The third-order valence-electron chi connectivity index (χ3n) is 4.21. The summed E-state index contributed by atoms with van der Waals surface area (Å²) in [4.78, 5) is 12.3. The maximum Gasteiger partial charge on any atom is 0.241 e. The Labute approximate surface area is 173 Å². The minimum absolute atomic E-state index is 0.0235.